The summed E-state index contributed by atoms with van der Waals surface area (Å²) in [5.41, 5.74) is 0. The number of amides is 1. The highest BCUT2D eigenvalue weighted by Gasteiger charge is 2.38. The summed E-state index contributed by atoms with van der Waals surface area (Å²) in [5.74, 6) is -2.05. The van der Waals surface area contributed by atoms with Crippen molar-refractivity contribution in [2.45, 2.75) is 12.7 Å². The first-order valence-electron chi connectivity index (χ1n) is 3.10. The number of carbonyl (C=O) groups excluding carboxylic acids is 1. The van der Waals surface area contributed by atoms with Crippen LogP contribution in [0.25, 0.3) is 0 Å². The Morgan fingerprint density at radius 1 is 1.62 bits per heavy atom. The summed E-state index contributed by atoms with van der Waals surface area (Å²) < 4.78 is 39.0. The molecule has 5 nitrogen and oxygen atoms in total. The van der Waals surface area contributed by atoms with E-state index in [1.807, 2.05) is 0 Å². The van der Waals surface area contributed by atoms with E-state index >= 15 is 0 Å². The molecule has 0 bridgehead atoms. The van der Waals surface area contributed by atoms with Crippen LogP contribution < -0.4 is 5.32 Å². The topological polar surface area (TPSA) is 68.0 Å². The normalized spacial score (nSPS) is 11.3. The van der Waals surface area contributed by atoms with Crippen molar-refractivity contribution in [1.29, 1.82) is 0 Å². The van der Waals surface area contributed by atoms with Crippen LogP contribution in [0.3, 0.4) is 0 Å². The Kier molecular flexibility index (Phi) is 2.49. The molecule has 1 rings (SSSR count). The fraction of sp³-hybridized carbons (Fsp3) is 0.400. The zero-order valence-corrected chi connectivity index (χ0v) is 6.13. The van der Waals surface area contributed by atoms with Crippen LogP contribution in [0.15, 0.2) is 10.9 Å². The third-order valence-electron chi connectivity index (χ3n) is 1.07. The highest BCUT2D eigenvalue weighted by atomic mass is 19.4. The van der Waals surface area contributed by atoms with Crippen LogP contribution in [0.1, 0.15) is 5.82 Å². The maximum absolute atomic E-state index is 11.6. The van der Waals surface area contributed by atoms with Crippen LogP contribution in [0, 0.1) is 0 Å². The van der Waals surface area contributed by atoms with E-state index in [4.69, 9.17) is 0 Å². The molecule has 1 N–H and O–H groups in total. The molecule has 0 aliphatic rings. The molecule has 8 heteroatoms. The van der Waals surface area contributed by atoms with Gasteiger partial charge in [0.15, 0.2) is 5.82 Å². The average Bonchev–Trinajstić information content (AvgIpc) is 2.50. The molecule has 0 spiro atoms. The molecule has 1 aromatic rings. The molecule has 0 aromatic carbocycles. The molecule has 72 valence electrons. The van der Waals surface area contributed by atoms with E-state index in [1.165, 1.54) is 0 Å². The monoisotopic (exact) mass is 195 g/mol. The predicted molar refractivity (Wildman–Crippen MR) is 32.2 cm³/mol. The third-order valence-corrected chi connectivity index (χ3v) is 1.07. The zero-order chi connectivity index (χ0) is 9.90. The SMILES string of the molecule is O=C(NCc1ncon1)C(F)(F)F. The van der Waals surface area contributed by atoms with Gasteiger partial charge in [-0.1, -0.05) is 5.16 Å². The third kappa shape index (κ3) is 2.73. The molecule has 0 saturated carbocycles. The van der Waals surface area contributed by atoms with Crippen LogP contribution in [0.2, 0.25) is 0 Å². The summed E-state index contributed by atoms with van der Waals surface area (Å²) in [7, 11) is 0. The van der Waals surface area contributed by atoms with Gasteiger partial charge >= 0.3 is 12.1 Å². The van der Waals surface area contributed by atoms with E-state index in [0.717, 1.165) is 6.39 Å². The number of hydrogen-bond acceptors (Lipinski definition) is 4. The Labute approximate surface area is 69.9 Å². The summed E-state index contributed by atoms with van der Waals surface area (Å²) in [4.78, 5) is 13.6. The van der Waals surface area contributed by atoms with Crippen molar-refractivity contribution in [2.24, 2.45) is 0 Å². The summed E-state index contributed by atoms with van der Waals surface area (Å²) in [6.07, 6.45) is -3.93. The van der Waals surface area contributed by atoms with Gasteiger partial charge in [-0.2, -0.15) is 18.2 Å². The number of rotatable bonds is 2. The van der Waals surface area contributed by atoms with Crippen molar-refractivity contribution in [3.05, 3.63) is 12.2 Å². The summed E-state index contributed by atoms with van der Waals surface area (Å²) in [6, 6.07) is 0. The molecular weight excluding hydrogens is 191 g/mol. The van der Waals surface area contributed by atoms with E-state index in [1.54, 1.807) is 5.32 Å². The van der Waals surface area contributed by atoms with Crippen molar-refractivity contribution in [3.8, 4) is 0 Å². The fourth-order valence-electron chi connectivity index (χ4n) is 0.530. The van der Waals surface area contributed by atoms with Gasteiger partial charge in [0.05, 0.1) is 6.54 Å². The summed E-state index contributed by atoms with van der Waals surface area (Å²) in [5, 5.41) is 4.78. The second-order valence-corrected chi connectivity index (χ2v) is 2.03. The van der Waals surface area contributed by atoms with Gasteiger partial charge in [0.2, 0.25) is 6.39 Å². The zero-order valence-electron chi connectivity index (χ0n) is 6.13. The second-order valence-electron chi connectivity index (χ2n) is 2.03. The molecule has 0 fully saturated rings. The quantitative estimate of drug-likeness (QED) is 0.734. The van der Waals surface area contributed by atoms with E-state index in [-0.39, 0.29) is 5.82 Å². The Hall–Kier alpha value is -1.60. The van der Waals surface area contributed by atoms with Gasteiger partial charge < -0.3 is 9.84 Å². The van der Waals surface area contributed by atoms with Gasteiger partial charge in [-0.05, 0) is 0 Å². The van der Waals surface area contributed by atoms with Gasteiger partial charge in [-0.25, -0.2) is 0 Å². The molecule has 0 unspecified atom stereocenters. The minimum atomic E-state index is -4.89. The lowest BCUT2D eigenvalue weighted by molar-refractivity contribution is -0.173. The Morgan fingerprint density at radius 3 is 2.77 bits per heavy atom. The van der Waals surface area contributed by atoms with Crippen LogP contribution in [0.5, 0.6) is 0 Å². The minimum Gasteiger partial charge on any atom is -0.343 e. The lowest BCUT2D eigenvalue weighted by Crippen LogP contribution is -2.36. The number of carbonyl (C=O) groups is 1. The Bertz CT molecular complexity index is 282. The molecule has 0 saturated heterocycles. The molecule has 1 aromatic heterocycles. The smallest absolute Gasteiger partial charge is 0.343 e. The van der Waals surface area contributed by atoms with Crippen molar-refractivity contribution < 1.29 is 22.5 Å². The first-order valence-corrected chi connectivity index (χ1v) is 3.10. The first-order chi connectivity index (χ1) is 6.00. The van der Waals surface area contributed by atoms with Gasteiger partial charge in [0, 0.05) is 0 Å². The van der Waals surface area contributed by atoms with Crippen molar-refractivity contribution in [1.82, 2.24) is 15.5 Å². The van der Waals surface area contributed by atoms with E-state index < -0.39 is 18.6 Å². The Balaban J connectivity index is 2.40. The number of hydrogen-bond donors (Lipinski definition) is 1. The van der Waals surface area contributed by atoms with Gasteiger partial charge in [-0.15, -0.1) is 0 Å². The molecule has 1 heterocycles. The van der Waals surface area contributed by atoms with Gasteiger partial charge in [-0.3, -0.25) is 4.79 Å². The maximum Gasteiger partial charge on any atom is 0.471 e. The van der Waals surface area contributed by atoms with Crippen LogP contribution in [-0.2, 0) is 11.3 Å². The van der Waals surface area contributed by atoms with Gasteiger partial charge in [0.25, 0.3) is 0 Å². The van der Waals surface area contributed by atoms with E-state index in [0.29, 0.717) is 0 Å². The molecule has 0 aliphatic carbocycles. The first kappa shape index (κ1) is 9.49. The molecule has 13 heavy (non-hydrogen) atoms. The van der Waals surface area contributed by atoms with E-state index in [2.05, 4.69) is 14.7 Å². The minimum absolute atomic E-state index is 0.0161. The van der Waals surface area contributed by atoms with Crippen LogP contribution in [0.4, 0.5) is 13.2 Å². The number of nitrogens with one attached hydrogen (secondary N) is 1. The van der Waals surface area contributed by atoms with Crippen molar-refractivity contribution in [3.63, 3.8) is 0 Å². The summed E-state index contributed by atoms with van der Waals surface area (Å²) >= 11 is 0. The number of halogens is 3. The van der Waals surface area contributed by atoms with Crippen molar-refractivity contribution >= 4 is 5.91 Å². The predicted octanol–water partition coefficient (Wildman–Crippen LogP) is 0.248. The van der Waals surface area contributed by atoms with Crippen LogP contribution >= 0.6 is 0 Å². The molecule has 0 radical (unpaired) electrons. The molecule has 0 atom stereocenters. The van der Waals surface area contributed by atoms with E-state index in [9.17, 15) is 18.0 Å². The number of nitrogens with zero attached hydrogens (tertiary/aromatic N) is 2. The molecular formula is C5H4F3N3O2. The van der Waals surface area contributed by atoms with Crippen molar-refractivity contribution in [2.75, 3.05) is 0 Å². The lowest BCUT2D eigenvalue weighted by atomic mass is 10.5. The second kappa shape index (κ2) is 3.42. The summed E-state index contributed by atoms with van der Waals surface area (Å²) in [6.45, 7) is -0.408. The number of alkyl halides is 3. The fourth-order valence-corrected chi connectivity index (χ4v) is 0.530. The highest BCUT2D eigenvalue weighted by Crippen LogP contribution is 2.13. The average molecular weight is 195 g/mol. The Morgan fingerprint density at radius 2 is 2.31 bits per heavy atom. The maximum atomic E-state index is 11.6. The number of aromatic nitrogens is 2. The highest BCUT2D eigenvalue weighted by molar-refractivity contribution is 5.81. The standard InChI is InChI=1S/C5H4F3N3O2/c6-5(7,8)4(12)9-1-3-10-2-13-11-3/h2H,1H2,(H,9,12). The largest absolute Gasteiger partial charge is 0.471 e. The van der Waals surface area contributed by atoms with Gasteiger partial charge in [0.1, 0.15) is 0 Å². The van der Waals surface area contributed by atoms with Crippen LogP contribution in [-0.4, -0.2) is 22.2 Å². The lowest BCUT2D eigenvalue weighted by Gasteiger charge is -2.04. The molecule has 0 aliphatic heterocycles. The molecule has 1 amide bonds.